The lowest BCUT2D eigenvalue weighted by atomic mass is 9.79. The molecule has 140 valence electrons. The molecule has 25 heavy (non-hydrogen) atoms. The van der Waals surface area contributed by atoms with Crippen molar-refractivity contribution in [1.29, 1.82) is 0 Å². The second-order valence-electron chi connectivity index (χ2n) is 7.58. The average Bonchev–Trinajstić information content (AvgIpc) is 2.98. The molecular formula is C17H28BO3PS3. The summed E-state index contributed by atoms with van der Waals surface area (Å²) in [6.45, 7) is 10.8. The Balaban J connectivity index is 1.75. The molecule has 1 aliphatic carbocycles. The Bertz CT molecular complexity index is 577. The molecule has 2 heterocycles. The van der Waals surface area contributed by atoms with E-state index in [1.165, 1.54) is 18.4 Å². The summed E-state index contributed by atoms with van der Waals surface area (Å²) in [7, 11) is 7.76. The Hall–Kier alpha value is 1.03. The van der Waals surface area contributed by atoms with Crippen LogP contribution in [0.2, 0.25) is 0 Å². The number of hydrogen-bond acceptors (Lipinski definition) is 6. The van der Waals surface area contributed by atoms with Gasteiger partial charge in [0.15, 0.2) is 4.67 Å². The van der Waals surface area contributed by atoms with Crippen molar-refractivity contribution in [1.82, 2.24) is 0 Å². The van der Waals surface area contributed by atoms with Crippen molar-refractivity contribution in [3.8, 4) is 0 Å². The monoisotopic (exact) mass is 418 g/mol. The Morgan fingerprint density at radius 1 is 1.48 bits per heavy atom. The highest BCUT2D eigenvalue weighted by atomic mass is 33.2. The molecule has 0 aromatic carbocycles. The first-order valence-electron chi connectivity index (χ1n) is 8.98. The fourth-order valence-electron chi connectivity index (χ4n) is 4.06. The van der Waals surface area contributed by atoms with Gasteiger partial charge in [0.2, 0.25) is 0 Å². The van der Waals surface area contributed by atoms with Gasteiger partial charge in [-0.15, -0.1) is 0 Å². The van der Waals surface area contributed by atoms with Crippen molar-refractivity contribution < 1.29 is 14.0 Å². The lowest BCUT2D eigenvalue weighted by molar-refractivity contribution is 0.0261. The van der Waals surface area contributed by atoms with Crippen LogP contribution in [0.15, 0.2) is 12.2 Å². The Kier molecular flexibility index (Phi) is 6.48. The molecule has 2 saturated heterocycles. The SMILES string of the molecule is [B][C@@H]1O[C@H](CC)[C@@H](O[P@@]2(=S)S[C@H]3C[C@H](C(=C)C)CC[C@]3(C)S2)[C@H]1OC. The van der Waals surface area contributed by atoms with Crippen molar-refractivity contribution in [3.63, 3.8) is 0 Å². The zero-order valence-corrected chi connectivity index (χ0v) is 18.8. The molecule has 3 aliphatic rings. The van der Waals surface area contributed by atoms with Gasteiger partial charge in [-0.05, 0) is 57.3 Å². The zero-order chi connectivity index (χ0) is 18.4. The molecule has 8 heteroatoms. The maximum atomic E-state index is 6.59. The van der Waals surface area contributed by atoms with Crippen LogP contribution in [-0.2, 0) is 25.8 Å². The van der Waals surface area contributed by atoms with E-state index in [2.05, 4.69) is 27.4 Å². The smallest absolute Gasteiger partial charge is 0.175 e. The van der Waals surface area contributed by atoms with E-state index >= 15 is 0 Å². The lowest BCUT2D eigenvalue weighted by Gasteiger charge is -2.38. The number of methoxy groups -OCH3 is 1. The average molecular weight is 418 g/mol. The summed E-state index contributed by atoms with van der Waals surface area (Å²) in [4.78, 5) is 0. The molecule has 0 aromatic rings. The molecule has 0 amide bonds. The second kappa shape index (κ2) is 7.81. The van der Waals surface area contributed by atoms with Crippen LogP contribution >= 0.6 is 27.4 Å². The third kappa shape index (κ3) is 4.08. The Labute approximate surface area is 166 Å². The molecule has 3 nitrogen and oxygen atoms in total. The van der Waals surface area contributed by atoms with Gasteiger partial charge in [0.1, 0.15) is 20.1 Å². The quantitative estimate of drug-likeness (QED) is 0.358. The molecule has 1 saturated carbocycles. The van der Waals surface area contributed by atoms with Crippen LogP contribution in [0.1, 0.15) is 46.5 Å². The van der Waals surface area contributed by atoms with Gasteiger partial charge in [0, 0.05) is 23.1 Å². The van der Waals surface area contributed by atoms with E-state index in [4.69, 9.17) is 33.7 Å². The highest BCUT2D eigenvalue weighted by molar-refractivity contribution is 9.01. The van der Waals surface area contributed by atoms with Crippen molar-refractivity contribution in [2.45, 2.75) is 80.8 Å². The molecular weight excluding hydrogens is 390 g/mol. The van der Waals surface area contributed by atoms with Crippen molar-refractivity contribution in [2.75, 3.05) is 7.11 Å². The van der Waals surface area contributed by atoms with Crippen molar-refractivity contribution in [2.24, 2.45) is 5.92 Å². The standard InChI is InChI=1S/C17H28BO3PS3/c1-6-12-14(15(19-5)16(18)20-12)21-22(23)24-13-9-11(10(2)3)7-8-17(13,4)25-22/h11-16H,2,6-9H2,1,3-5H3/t11-,12-,13+,14-,15-,16-,17+,22-/m1/s1. The van der Waals surface area contributed by atoms with Gasteiger partial charge >= 0.3 is 0 Å². The summed E-state index contributed by atoms with van der Waals surface area (Å²) in [5, 5.41) is 0.538. The maximum absolute atomic E-state index is 6.59. The van der Waals surface area contributed by atoms with Gasteiger partial charge in [-0.3, -0.25) is 0 Å². The molecule has 3 fully saturated rings. The van der Waals surface area contributed by atoms with Crippen molar-refractivity contribution in [3.05, 3.63) is 12.2 Å². The van der Waals surface area contributed by atoms with Gasteiger partial charge in [0.05, 0.1) is 6.10 Å². The minimum Gasteiger partial charge on any atom is -0.379 e. The first-order chi connectivity index (χ1) is 11.7. The first kappa shape index (κ1) is 20.8. The van der Waals surface area contributed by atoms with Crippen LogP contribution in [0.3, 0.4) is 0 Å². The van der Waals surface area contributed by atoms with Crippen LogP contribution in [0.4, 0.5) is 0 Å². The second-order valence-corrected chi connectivity index (χ2v) is 18.5. The summed E-state index contributed by atoms with van der Waals surface area (Å²) >= 11 is 9.89. The lowest BCUT2D eigenvalue weighted by Crippen LogP contribution is -2.36. The highest BCUT2D eigenvalue weighted by Crippen LogP contribution is 2.84. The summed E-state index contributed by atoms with van der Waals surface area (Å²) < 4.78 is 16.2. The minimum absolute atomic E-state index is 0.0421. The van der Waals surface area contributed by atoms with Gasteiger partial charge in [-0.1, -0.05) is 41.8 Å². The molecule has 0 N–H and O–H groups in total. The number of rotatable bonds is 5. The first-order valence-corrected chi connectivity index (χ1v) is 14.6. The Morgan fingerprint density at radius 2 is 2.20 bits per heavy atom. The van der Waals surface area contributed by atoms with E-state index in [1.54, 1.807) is 7.11 Å². The summed E-state index contributed by atoms with van der Waals surface area (Å²) in [6, 6.07) is -0.440. The van der Waals surface area contributed by atoms with Crippen LogP contribution in [0.5, 0.6) is 0 Å². The molecule has 0 bridgehead atoms. The van der Waals surface area contributed by atoms with E-state index in [0.717, 1.165) is 12.8 Å². The summed E-state index contributed by atoms with van der Waals surface area (Å²) in [6.07, 6.45) is 3.94. The van der Waals surface area contributed by atoms with Crippen LogP contribution in [0, 0.1) is 5.92 Å². The van der Waals surface area contributed by atoms with Crippen molar-refractivity contribution >= 4 is 47.1 Å². The van der Waals surface area contributed by atoms with E-state index in [9.17, 15) is 0 Å². The predicted octanol–water partition coefficient (Wildman–Crippen LogP) is 4.90. The molecule has 0 aromatic heterocycles. The third-order valence-electron chi connectivity index (χ3n) is 5.71. The van der Waals surface area contributed by atoms with E-state index in [1.807, 2.05) is 22.8 Å². The van der Waals surface area contributed by atoms with E-state index in [0.29, 0.717) is 11.2 Å². The van der Waals surface area contributed by atoms with E-state index < -0.39 is 10.7 Å². The fourth-order valence-corrected chi connectivity index (χ4v) is 18.1. The maximum Gasteiger partial charge on any atom is 0.175 e. The molecule has 2 radical (unpaired) electrons. The number of fused-ring (bicyclic) bond motifs is 1. The predicted molar refractivity (Wildman–Crippen MR) is 114 cm³/mol. The Morgan fingerprint density at radius 3 is 2.80 bits per heavy atom. The van der Waals surface area contributed by atoms with Crippen LogP contribution in [0.25, 0.3) is 0 Å². The third-order valence-corrected chi connectivity index (χ3v) is 15.8. The van der Waals surface area contributed by atoms with Gasteiger partial charge in [-0.2, -0.15) is 0 Å². The molecule has 2 aliphatic heterocycles. The largest absolute Gasteiger partial charge is 0.379 e. The van der Waals surface area contributed by atoms with Gasteiger partial charge in [-0.25, -0.2) is 0 Å². The van der Waals surface area contributed by atoms with Gasteiger partial charge < -0.3 is 14.0 Å². The fraction of sp³-hybridized carbons (Fsp3) is 0.882. The molecule has 0 unspecified atom stereocenters. The molecule has 3 rings (SSSR count). The number of hydrogen-bond donors (Lipinski definition) is 0. The molecule has 0 spiro atoms. The van der Waals surface area contributed by atoms with Crippen LogP contribution < -0.4 is 0 Å². The van der Waals surface area contributed by atoms with Crippen LogP contribution in [-0.4, -0.2) is 49.3 Å². The normalized spacial score (nSPS) is 49.9. The summed E-state index contributed by atoms with van der Waals surface area (Å²) in [5.74, 6) is 0.617. The highest BCUT2D eigenvalue weighted by Gasteiger charge is 2.55. The van der Waals surface area contributed by atoms with Gasteiger partial charge in [0.25, 0.3) is 0 Å². The minimum atomic E-state index is -2.05. The summed E-state index contributed by atoms with van der Waals surface area (Å²) in [5.41, 5.74) is 1.30. The molecule has 8 atom stereocenters. The number of allylic oxidation sites excluding steroid dienone is 1. The number of ether oxygens (including phenoxy) is 2. The van der Waals surface area contributed by atoms with E-state index in [-0.39, 0.29) is 23.1 Å². The zero-order valence-electron chi connectivity index (χ0n) is 15.5. The topological polar surface area (TPSA) is 27.7 Å².